The van der Waals surface area contributed by atoms with Crippen LogP contribution in [0.25, 0.3) is 0 Å². The number of nitrogens with one attached hydrogen (secondary N) is 1. The highest BCUT2D eigenvalue weighted by Gasteiger charge is 2.08. The minimum absolute atomic E-state index is 0.709. The smallest absolute Gasteiger partial charge is 0.224 e. The van der Waals surface area contributed by atoms with E-state index in [-0.39, 0.29) is 0 Å². The van der Waals surface area contributed by atoms with Gasteiger partial charge in [0, 0.05) is 26.1 Å². The zero-order chi connectivity index (χ0) is 11.1. The SMILES string of the molecule is CCNc1nnc(CCOCC)n1CC. The van der Waals surface area contributed by atoms with Crippen LogP contribution in [-0.2, 0) is 17.7 Å². The fourth-order valence-corrected chi connectivity index (χ4v) is 1.45. The maximum Gasteiger partial charge on any atom is 0.224 e. The van der Waals surface area contributed by atoms with Crippen molar-refractivity contribution in [1.82, 2.24) is 14.8 Å². The van der Waals surface area contributed by atoms with Crippen molar-refractivity contribution in [1.29, 1.82) is 0 Å². The van der Waals surface area contributed by atoms with Gasteiger partial charge in [-0.3, -0.25) is 4.57 Å². The third kappa shape index (κ3) is 3.20. The summed E-state index contributed by atoms with van der Waals surface area (Å²) in [6.07, 6.45) is 0.820. The van der Waals surface area contributed by atoms with E-state index in [2.05, 4.69) is 33.9 Å². The van der Waals surface area contributed by atoms with Crippen molar-refractivity contribution in [3.63, 3.8) is 0 Å². The molecule has 0 radical (unpaired) electrons. The summed E-state index contributed by atoms with van der Waals surface area (Å²) >= 11 is 0. The lowest BCUT2D eigenvalue weighted by atomic mass is 10.4. The normalized spacial score (nSPS) is 10.6. The standard InChI is InChI=1S/C10H20N4O/c1-4-11-10-13-12-9(14(10)5-2)7-8-15-6-3/h4-8H2,1-3H3,(H,11,13). The summed E-state index contributed by atoms with van der Waals surface area (Å²) in [7, 11) is 0. The maximum absolute atomic E-state index is 5.30. The van der Waals surface area contributed by atoms with Gasteiger partial charge in [0.25, 0.3) is 0 Å². The molecule has 15 heavy (non-hydrogen) atoms. The summed E-state index contributed by atoms with van der Waals surface area (Å²) in [5, 5.41) is 11.4. The molecule has 0 atom stereocenters. The molecular formula is C10H20N4O. The Morgan fingerprint density at radius 1 is 1.27 bits per heavy atom. The molecular weight excluding hydrogens is 192 g/mol. The Labute approximate surface area is 90.8 Å². The molecule has 0 unspecified atom stereocenters. The van der Waals surface area contributed by atoms with Crippen LogP contribution in [0.5, 0.6) is 0 Å². The van der Waals surface area contributed by atoms with E-state index in [9.17, 15) is 0 Å². The fourth-order valence-electron chi connectivity index (χ4n) is 1.45. The number of nitrogens with zero attached hydrogens (tertiary/aromatic N) is 3. The van der Waals surface area contributed by atoms with E-state index in [1.807, 2.05) is 6.92 Å². The summed E-state index contributed by atoms with van der Waals surface area (Å²) in [6.45, 7) is 9.35. The predicted octanol–water partition coefficient (Wildman–Crippen LogP) is 1.31. The van der Waals surface area contributed by atoms with Crippen molar-refractivity contribution in [3.8, 4) is 0 Å². The molecule has 1 heterocycles. The van der Waals surface area contributed by atoms with Crippen molar-refractivity contribution in [2.45, 2.75) is 33.7 Å². The van der Waals surface area contributed by atoms with E-state index in [4.69, 9.17) is 4.74 Å². The Kier molecular flexibility index (Phi) is 5.10. The van der Waals surface area contributed by atoms with Crippen molar-refractivity contribution in [2.24, 2.45) is 0 Å². The zero-order valence-electron chi connectivity index (χ0n) is 9.79. The van der Waals surface area contributed by atoms with Crippen LogP contribution in [0.1, 0.15) is 26.6 Å². The lowest BCUT2D eigenvalue weighted by molar-refractivity contribution is 0.149. The number of hydrogen-bond donors (Lipinski definition) is 1. The highest BCUT2D eigenvalue weighted by Crippen LogP contribution is 2.07. The largest absolute Gasteiger partial charge is 0.381 e. The van der Waals surface area contributed by atoms with Crippen LogP contribution in [0.3, 0.4) is 0 Å². The molecule has 1 N–H and O–H groups in total. The average molecular weight is 212 g/mol. The lowest BCUT2D eigenvalue weighted by Crippen LogP contribution is -2.10. The molecule has 0 fully saturated rings. The van der Waals surface area contributed by atoms with Gasteiger partial charge in [-0.1, -0.05) is 0 Å². The third-order valence-electron chi connectivity index (χ3n) is 2.15. The van der Waals surface area contributed by atoms with E-state index >= 15 is 0 Å². The first kappa shape index (κ1) is 12.0. The highest BCUT2D eigenvalue weighted by molar-refractivity contribution is 5.25. The summed E-state index contributed by atoms with van der Waals surface area (Å²) in [6, 6.07) is 0. The summed E-state index contributed by atoms with van der Waals surface area (Å²) in [5.41, 5.74) is 0. The summed E-state index contributed by atoms with van der Waals surface area (Å²) < 4.78 is 7.39. The van der Waals surface area contributed by atoms with Gasteiger partial charge < -0.3 is 10.1 Å². The summed E-state index contributed by atoms with van der Waals surface area (Å²) in [5.74, 6) is 1.84. The minimum atomic E-state index is 0.709. The van der Waals surface area contributed by atoms with Gasteiger partial charge in [-0.25, -0.2) is 0 Å². The Bertz CT molecular complexity index is 285. The second-order valence-corrected chi connectivity index (χ2v) is 3.16. The van der Waals surface area contributed by atoms with Crippen LogP contribution in [-0.4, -0.2) is 34.5 Å². The molecule has 0 aromatic carbocycles. The molecule has 0 aliphatic heterocycles. The molecule has 1 rings (SSSR count). The van der Waals surface area contributed by atoms with Gasteiger partial charge in [-0.2, -0.15) is 0 Å². The Hall–Kier alpha value is -1.10. The summed E-state index contributed by atoms with van der Waals surface area (Å²) in [4.78, 5) is 0. The van der Waals surface area contributed by atoms with Crippen LogP contribution in [0.15, 0.2) is 0 Å². The number of anilines is 1. The third-order valence-corrected chi connectivity index (χ3v) is 2.15. The number of hydrogen-bond acceptors (Lipinski definition) is 4. The highest BCUT2D eigenvalue weighted by atomic mass is 16.5. The van der Waals surface area contributed by atoms with Gasteiger partial charge in [0.05, 0.1) is 6.61 Å². The molecule has 0 aliphatic rings. The first-order valence-electron chi connectivity index (χ1n) is 5.57. The van der Waals surface area contributed by atoms with E-state index in [0.29, 0.717) is 6.61 Å². The van der Waals surface area contributed by atoms with Gasteiger partial charge >= 0.3 is 0 Å². The van der Waals surface area contributed by atoms with Crippen LogP contribution in [0.4, 0.5) is 5.95 Å². The van der Waals surface area contributed by atoms with Crippen LogP contribution in [0, 0.1) is 0 Å². The van der Waals surface area contributed by atoms with E-state index in [1.54, 1.807) is 0 Å². The Morgan fingerprint density at radius 2 is 2.07 bits per heavy atom. The Morgan fingerprint density at radius 3 is 2.67 bits per heavy atom. The van der Waals surface area contributed by atoms with Crippen molar-refractivity contribution < 1.29 is 4.74 Å². The molecule has 1 aromatic rings. The van der Waals surface area contributed by atoms with E-state index < -0.39 is 0 Å². The van der Waals surface area contributed by atoms with Crippen molar-refractivity contribution >= 4 is 5.95 Å². The van der Waals surface area contributed by atoms with Gasteiger partial charge in [0.2, 0.25) is 5.95 Å². The second-order valence-electron chi connectivity index (χ2n) is 3.16. The molecule has 0 saturated heterocycles. The molecule has 0 bridgehead atoms. The van der Waals surface area contributed by atoms with Gasteiger partial charge in [-0.15, -0.1) is 10.2 Å². The van der Waals surface area contributed by atoms with E-state index in [1.165, 1.54) is 0 Å². The topological polar surface area (TPSA) is 52.0 Å². The molecule has 0 spiro atoms. The fraction of sp³-hybridized carbons (Fsp3) is 0.800. The quantitative estimate of drug-likeness (QED) is 0.692. The van der Waals surface area contributed by atoms with Gasteiger partial charge in [0.15, 0.2) is 0 Å². The first-order valence-corrected chi connectivity index (χ1v) is 5.57. The Balaban J connectivity index is 2.62. The van der Waals surface area contributed by atoms with Crippen LogP contribution < -0.4 is 5.32 Å². The monoisotopic (exact) mass is 212 g/mol. The van der Waals surface area contributed by atoms with E-state index in [0.717, 1.165) is 37.9 Å². The molecule has 1 aromatic heterocycles. The van der Waals surface area contributed by atoms with Gasteiger partial charge in [0.1, 0.15) is 5.82 Å². The van der Waals surface area contributed by atoms with Crippen molar-refractivity contribution in [2.75, 3.05) is 25.1 Å². The average Bonchev–Trinajstić information content (AvgIpc) is 2.62. The zero-order valence-corrected chi connectivity index (χ0v) is 9.79. The minimum Gasteiger partial charge on any atom is -0.381 e. The predicted molar refractivity (Wildman–Crippen MR) is 60.1 cm³/mol. The molecule has 0 saturated carbocycles. The molecule has 5 heteroatoms. The number of aromatic nitrogens is 3. The van der Waals surface area contributed by atoms with Crippen LogP contribution in [0.2, 0.25) is 0 Å². The molecule has 0 aliphatic carbocycles. The second kappa shape index (κ2) is 6.40. The maximum atomic E-state index is 5.30. The number of ether oxygens (including phenoxy) is 1. The van der Waals surface area contributed by atoms with Crippen LogP contribution >= 0.6 is 0 Å². The number of rotatable bonds is 7. The van der Waals surface area contributed by atoms with Crippen molar-refractivity contribution in [3.05, 3.63) is 5.82 Å². The molecule has 86 valence electrons. The lowest BCUT2D eigenvalue weighted by Gasteiger charge is -2.07. The molecule has 5 nitrogen and oxygen atoms in total. The first-order chi connectivity index (χ1) is 7.33. The molecule has 0 amide bonds. The van der Waals surface area contributed by atoms with Gasteiger partial charge in [-0.05, 0) is 20.8 Å².